The highest BCUT2D eigenvalue weighted by Gasteiger charge is 2.16. The lowest BCUT2D eigenvalue weighted by Crippen LogP contribution is -2.31. The Bertz CT molecular complexity index is 869. The number of aryl methyl sites for hydroxylation is 1. The molecule has 0 saturated carbocycles. The third-order valence-corrected chi connectivity index (χ3v) is 4.94. The molecule has 2 heterocycles. The Kier molecular flexibility index (Phi) is 4.51. The molecule has 0 bridgehead atoms. The molecule has 0 aliphatic carbocycles. The van der Waals surface area contributed by atoms with E-state index < -0.39 is 0 Å². The van der Waals surface area contributed by atoms with Crippen LogP contribution >= 0.6 is 0 Å². The van der Waals surface area contributed by atoms with Gasteiger partial charge in [0, 0.05) is 25.0 Å². The normalized spacial score (nSPS) is 14.7. The van der Waals surface area contributed by atoms with Crippen molar-refractivity contribution < 1.29 is 0 Å². The Morgan fingerprint density at radius 1 is 0.920 bits per heavy atom. The van der Waals surface area contributed by atoms with Crippen molar-refractivity contribution in [1.82, 2.24) is 9.97 Å². The minimum absolute atomic E-state index is 0.771. The molecule has 0 unspecified atom stereocenters. The van der Waals surface area contributed by atoms with Crippen LogP contribution < -0.4 is 10.2 Å². The van der Waals surface area contributed by atoms with E-state index in [0.717, 1.165) is 42.3 Å². The summed E-state index contributed by atoms with van der Waals surface area (Å²) < 4.78 is 0. The highest BCUT2D eigenvalue weighted by Crippen LogP contribution is 2.25. The van der Waals surface area contributed by atoms with Crippen molar-refractivity contribution in [2.75, 3.05) is 23.3 Å². The van der Waals surface area contributed by atoms with Gasteiger partial charge < -0.3 is 10.2 Å². The summed E-state index contributed by atoms with van der Waals surface area (Å²) in [6.07, 6.45) is 3.76. The first-order valence-corrected chi connectivity index (χ1v) is 9.11. The lowest BCUT2D eigenvalue weighted by atomic mass is 10.1. The average molecular weight is 332 g/mol. The van der Waals surface area contributed by atoms with Gasteiger partial charge >= 0.3 is 0 Å². The lowest BCUT2D eigenvalue weighted by molar-refractivity contribution is 0.569. The van der Waals surface area contributed by atoms with E-state index in [0.29, 0.717) is 0 Å². The van der Waals surface area contributed by atoms with Gasteiger partial charge in [-0.05, 0) is 49.4 Å². The first-order valence-electron chi connectivity index (χ1n) is 9.11. The van der Waals surface area contributed by atoms with Gasteiger partial charge in [0.25, 0.3) is 0 Å². The maximum absolute atomic E-state index is 4.87. The van der Waals surface area contributed by atoms with Gasteiger partial charge in [-0.15, -0.1) is 0 Å². The second-order valence-electron chi connectivity index (χ2n) is 6.72. The largest absolute Gasteiger partial charge is 0.365 e. The highest BCUT2D eigenvalue weighted by atomic mass is 15.3. The number of anilines is 2. The molecule has 0 spiro atoms. The number of para-hydroxylation sites is 1. The Morgan fingerprint density at radius 3 is 2.52 bits per heavy atom. The van der Waals surface area contributed by atoms with Crippen LogP contribution in [0.25, 0.3) is 10.9 Å². The molecule has 1 fully saturated rings. The molecule has 1 aliphatic heterocycles. The summed E-state index contributed by atoms with van der Waals surface area (Å²) in [6, 6.07) is 16.7. The molecule has 4 nitrogen and oxygen atoms in total. The van der Waals surface area contributed by atoms with Crippen molar-refractivity contribution in [3.05, 3.63) is 59.7 Å². The quantitative estimate of drug-likeness (QED) is 0.761. The fourth-order valence-corrected chi connectivity index (χ4v) is 3.42. The van der Waals surface area contributed by atoms with Crippen LogP contribution in [-0.2, 0) is 6.54 Å². The van der Waals surface area contributed by atoms with E-state index in [9.17, 15) is 0 Å². The molecule has 1 saturated heterocycles. The lowest BCUT2D eigenvalue weighted by Gasteiger charge is -2.27. The standard InChI is InChI=1S/C21H24N4/c1-16-9-3-4-10-17(16)15-22-20-18-11-5-6-12-19(18)23-21(24-20)25-13-7-2-8-14-25/h3-6,9-12H,2,7-8,13-15H2,1H3,(H,22,23,24). The molecule has 25 heavy (non-hydrogen) atoms. The van der Waals surface area contributed by atoms with Crippen molar-refractivity contribution in [3.63, 3.8) is 0 Å². The predicted octanol–water partition coefficient (Wildman–Crippen LogP) is 4.54. The molecule has 128 valence electrons. The fourth-order valence-electron chi connectivity index (χ4n) is 3.42. The summed E-state index contributed by atoms with van der Waals surface area (Å²) >= 11 is 0. The number of nitrogens with zero attached hydrogens (tertiary/aromatic N) is 3. The molecule has 3 aromatic rings. The van der Waals surface area contributed by atoms with Crippen molar-refractivity contribution in [3.8, 4) is 0 Å². The van der Waals surface area contributed by atoms with Crippen LogP contribution in [0.5, 0.6) is 0 Å². The number of aromatic nitrogens is 2. The molecule has 1 aromatic heterocycles. The van der Waals surface area contributed by atoms with E-state index in [1.54, 1.807) is 0 Å². The zero-order chi connectivity index (χ0) is 17.1. The molecule has 0 atom stereocenters. The summed E-state index contributed by atoms with van der Waals surface area (Å²) in [6.45, 7) is 5.02. The van der Waals surface area contributed by atoms with E-state index in [1.807, 2.05) is 12.1 Å². The maximum atomic E-state index is 4.87. The Labute approximate surface area is 148 Å². The van der Waals surface area contributed by atoms with Gasteiger partial charge in [0.05, 0.1) is 5.52 Å². The molecular weight excluding hydrogens is 308 g/mol. The summed E-state index contributed by atoms with van der Waals surface area (Å²) in [5, 5.41) is 4.63. The number of piperidine rings is 1. The Morgan fingerprint density at radius 2 is 1.68 bits per heavy atom. The van der Waals surface area contributed by atoms with Crippen LogP contribution in [0.3, 0.4) is 0 Å². The number of hydrogen-bond donors (Lipinski definition) is 1. The van der Waals surface area contributed by atoms with Crippen LogP contribution in [0.2, 0.25) is 0 Å². The van der Waals surface area contributed by atoms with E-state index >= 15 is 0 Å². The zero-order valence-electron chi connectivity index (χ0n) is 14.7. The van der Waals surface area contributed by atoms with Gasteiger partial charge in [-0.1, -0.05) is 36.4 Å². The SMILES string of the molecule is Cc1ccccc1CNc1nc(N2CCCCC2)nc2ccccc12. The summed E-state index contributed by atoms with van der Waals surface area (Å²) in [5.41, 5.74) is 3.60. The van der Waals surface area contributed by atoms with Gasteiger partial charge in [0.2, 0.25) is 5.95 Å². The number of benzene rings is 2. The highest BCUT2D eigenvalue weighted by molar-refractivity contribution is 5.90. The molecule has 0 radical (unpaired) electrons. The van der Waals surface area contributed by atoms with Crippen molar-refractivity contribution >= 4 is 22.7 Å². The number of nitrogens with one attached hydrogen (secondary N) is 1. The minimum Gasteiger partial charge on any atom is -0.365 e. The van der Waals surface area contributed by atoms with Gasteiger partial charge in [0.1, 0.15) is 5.82 Å². The number of hydrogen-bond acceptors (Lipinski definition) is 4. The van der Waals surface area contributed by atoms with E-state index in [1.165, 1.54) is 30.4 Å². The summed E-state index contributed by atoms with van der Waals surface area (Å²) in [4.78, 5) is 12.0. The second-order valence-corrected chi connectivity index (χ2v) is 6.72. The smallest absolute Gasteiger partial charge is 0.227 e. The van der Waals surface area contributed by atoms with Crippen LogP contribution in [0.1, 0.15) is 30.4 Å². The van der Waals surface area contributed by atoms with Gasteiger partial charge in [0.15, 0.2) is 0 Å². The van der Waals surface area contributed by atoms with Gasteiger partial charge in [-0.3, -0.25) is 0 Å². The topological polar surface area (TPSA) is 41.1 Å². The molecule has 4 rings (SSSR count). The molecule has 0 amide bonds. The van der Waals surface area contributed by atoms with Gasteiger partial charge in [-0.2, -0.15) is 4.98 Å². The van der Waals surface area contributed by atoms with E-state index in [-0.39, 0.29) is 0 Å². The van der Waals surface area contributed by atoms with E-state index in [2.05, 4.69) is 53.5 Å². The third-order valence-electron chi connectivity index (χ3n) is 4.94. The number of rotatable bonds is 4. The monoisotopic (exact) mass is 332 g/mol. The molecule has 2 aromatic carbocycles. The zero-order valence-corrected chi connectivity index (χ0v) is 14.7. The van der Waals surface area contributed by atoms with Crippen LogP contribution in [0.4, 0.5) is 11.8 Å². The first-order chi connectivity index (χ1) is 12.3. The summed E-state index contributed by atoms with van der Waals surface area (Å²) in [5.74, 6) is 1.78. The van der Waals surface area contributed by atoms with Crippen molar-refractivity contribution in [2.45, 2.75) is 32.7 Å². The van der Waals surface area contributed by atoms with Gasteiger partial charge in [-0.25, -0.2) is 4.98 Å². The molecule has 1 aliphatic rings. The first kappa shape index (κ1) is 15.9. The van der Waals surface area contributed by atoms with Crippen LogP contribution in [0.15, 0.2) is 48.5 Å². The Hall–Kier alpha value is -2.62. The van der Waals surface area contributed by atoms with Crippen molar-refractivity contribution in [2.24, 2.45) is 0 Å². The Balaban J connectivity index is 1.67. The molecule has 1 N–H and O–H groups in total. The maximum Gasteiger partial charge on any atom is 0.227 e. The second kappa shape index (κ2) is 7.09. The number of fused-ring (bicyclic) bond motifs is 1. The molecule has 4 heteroatoms. The molecular formula is C21H24N4. The van der Waals surface area contributed by atoms with E-state index in [4.69, 9.17) is 9.97 Å². The van der Waals surface area contributed by atoms with Crippen molar-refractivity contribution in [1.29, 1.82) is 0 Å². The van der Waals surface area contributed by atoms with Crippen LogP contribution in [0, 0.1) is 6.92 Å². The van der Waals surface area contributed by atoms with Crippen LogP contribution in [-0.4, -0.2) is 23.1 Å². The fraction of sp³-hybridized carbons (Fsp3) is 0.333. The summed E-state index contributed by atoms with van der Waals surface area (Å²) in [7, 11) is 0. The average Bonchev–Trinajstić information content (AvgIpc) is 2.67. The predicted molar refractivity (Wildman–Crippen MR) is 104 cm³/mol. The third kappa shape index (κ3) is 3.43. The minimum atomic E-state index is 0.771.